The number of aliphatic hydroxyl groups excluding tert-OH is 1. The number of allylic oxidation sites excluding steroid dienone is 4. The molecule has 0 aromatic rings. The third-order valence-electron chi connectivity index (χ3n) is 2.13. The SMILES string of the molecule is C=C/C=C\C=C1/CCC(O)C1N. The van der Waals surface area contributed by atoms with Crippen molar-refractivity contribution in [2.75, 3.05) is 0 Å². The van der Waals surface area contributed by atoms with Gasteiger partial charge in [0.2, 0.25) is 0 Å². The number of hydrogen-bond donors (Lipinski definition) is 2. The first-order valence-electron chi connectivity index (χ1n) is 4.17. The molecule has 0 saturated heterocycles. The first kappa shape index (κ1) is 9.23. The molecule has 0 amide bonds. The molecule has 1 rings (SSSR count). The monoisotopic (exact) mass is 165 g/mol. The highest BCUT2D eigenvalue weighted by molar-refractivity contribution is 5.24. The second-order valence-corrected chi connectivity index (χ2v) is 2.99. The Kier molecular flexibility index (Phi) is 3.26. The quantitative estimate of drug-likeness (QED) is 0.603. The van der Waals surface area contributed by atoms with Crippen LogP contribution >= 0.6 is 0 Å². The van der Waals surface area contributed by atoms with E-state index in [1.165, 1.54) is 0 Å². The lowest BCUT2D eigenvalue weighted by molar-refractivity contribution is 0.170. The molecule has 3 N–H and O–H groups in total. The van der Waals surface area contributed by atoms with Gasteiger partial charge in [0, 0.05) is 0 Å². The van der Waals surface area contributed by atoms with E-state index in [0.717, 1.165) is 18.4 Å². The lowest BCUT2D eigenvalue weighted by atomic mass is 10.1. The summed E-state index contributed by atoms with van der Waals surface area (Å²) >= 11 is 0. The van der Waals surface area contributed by atoms with Gasteiger partial charge in [0.15, 0.2) is 0 Å². The minimum absolute atomic E-state index is 0.167. The van der Waals surface area contributed by atoms with Gasteiger partial charge in [-0.05, 0) is 12.8 Å². The van der Waals surface area contributed by atoms with Crippen LogP contribution in [-0.2, 0) is 0 Å². The van der Waals surface area contributed by atoms with E-state index in [0.29, 0.717) is 0 Å². The van der Waals surface area contributed by atoms with Crippen LogP contribution in [0.1, 0.15) is 12.8 Å². The Balaban J connectivity index is 2.58. The van der Waals surface area contributed by atoms with Crippen LogP contribution < -0.4 is 5.73 Å². The summed E-state index contributed by atoms with van der Waals surface area (Å²) < 4.78 is 0. The standard InChI is InChI=1S/C10H15NO/c1-2-3-4-5-8-6-7-9(12)10(8)11/h2-5,9-10,12H,1,6-7,11H2/b4-3-,8-5+. The van der Waals surface area contributed by atoms with E-state index in [2.05, 4.69) is 6.58 Å². The molecule has 0 spiro atoms. The van der Waals surface area contributed by atoms with Crippen LogP contribution in [0.25, 0.3) is 0 Å². The van der Waals surface area contributed by atoms with Gasteiger partial charge in [0.25, 0.3) is 0 Å². The van der Waals surface area contributed by atoms with Crippen molar-refractivity contribution < 1.29 is 5.11 Å². The second-order valence-electron chi connectivity index (χ2n) is 2.99. The molecule has 0 aromatic carbocycles. The molecule has 1 fully saturated rings. The number of aliphatic hydroxyl groups is 1. The molecule has 66 valence electrons. The van der Waals surface area contributed by atoms with Gasteiger partial charge in [0.1, 0.15) is 0 Å². The van der Waals surface area contributed by atoms with Gasteiger partial charge >= 0.3 is 0 Å². The van der Waals surface area contributed by atoms with Crippen LogP contribution in [-0.4, -0.2) is 17.3 Å². The summed E-state index contributed by atoms with van der Waals surface area (Å²) in [5, 5.41) is 9.31. The maximum absolute atomic E-state index is 9.31. The Labute approximate surface area is 73.1 Å². The Morgan fingerprint density at radius 2 is 2.25 bits per heavy atom. The highest BCUT2D eigenvalue weighted by atomic mass is 16.3. The zero-order valence-corrected chi connectivity index (χ0v) is 7.11. The molecular formula is C10H15NO. The van der Waals surface area contributed by atoms with E-state index in [1.54, 1.807) is 6.08 Å². The van der Waals surface area contributed by atoms with Crippen molar-refractivity contribution in [3.63, 3.8) is 0 Å². The van der Waals surface area contributed by atoms with Crippen LogP contribution in [0.3, 0.4) is 0 Å². The average Bonchev–Trinajstić information content (AvgIpc) is 2.36. The maximum Gasteiger partial charge on any atom is 0.0732 e. The minimum Gasteiger partial charge on any atom is -0.391 e. The van der Waals surface area contributed by atoms with Gasteiger partial charge in [-0.1, -0.05) is 36.5 Å². The smallest absolute Gasteiger partial charge is 0.0732 e. The number of hydrogen-bond acceptors (Lipinski definition) is 2. The highest BCUT2D eigenvalue weighted by Gasteiger charge is 2.25. The van der Waals surface area contributed by atoms with Crippen LogP contribution in [0.5, 0.6) is 0 Å². The summed E-state index contributed by atoms with van der Waals surface area (Å²) in [6, 6.07) is -0.167. The van der Waals surface area contributed by atoms with Crippen molar-refractivity contribution in [3.8, 4) is 0 Å². The average molecular weight is 165 g/mol. The summed E-state index contributed by atoms with van der Waals surface area (Å²) in [5.41, 5.74) is 6.85. The fraction of sp³-hybridized carbons (Fsp3) is 0.400. The molecule has 0 aromatic heterocycles. The molecule has 2 nitrogen and oxygen atoms in total. The van der Waals surface area contributed by atoms with Gasteiger partial charge < -0.3 is 10.8 Å². The molecule has 1 aliphatic carbocycles. The predicted molar refractivity (Wildman–Crippen MR) is 50.6 cm³/mol. The largest absolute Gasteiger partial charge is 0.391 e. The Morgan fingerprint density at radius 3 is 2.75 bits per heavy atom. The zero-order valence-electron chi connectivity index (χ0n) is 7.11. The summed E-state index contributed by atoms with van der Waals surface area (Å²) in [7, 11) is 0. The van der Waals surface area contributed by atoms with Crippen LogP contribution in [0.4, 0.5) is 0 Å². The summed E-state index contributed by atoms with van der Waals surface area (Å²) in [5.74, 6) is 0. The van der Waals surface area contributed by atoms with E-state index in [9.17, 15) is 5.11 Å². The predicted octanol–water partition coefficient (Wildman–Crippen LogP) is 1.14. The molecule has 1 saturated carbocycles. The Morgan fingerprint density at radius 1 is 1.50 bits per heavy atom. The van der Waals surface area contributed by atoms with Gasteiger partial charge in [-0.3, -0.25) is 0 Å². The number of nitrogens with two attached hydrogens (primary N) is 1. The molecular weight excluding hydrogens is 150 g/mol. The molecule has 1 aliphatic rings. The van der Waals surface area contributed by atoms with Gasteiger partial charge in [0.05, 0.1) is 12.1 Å². The van der Waals surface area contributed by atoms with Gasteiger partial charge in [-0.15, -0.1) is 0 Å². The lowest BCUT2D eigenvalue weighted by Crippen LogP contribution is -2.30. The van der Waals surface area contributed by atoms with Crippen LogP contribution in [0.15, 0.2) is 36.5 Å². The van der Waals surface area contributed by atoms with Crippen LogP contribution in [0, 0.1) is 0 Å². The summed E-state index contributed by atoms with van der Waals surface area (Å²) in [6.45, 7) is 3.56. The fourth-order valence-corrected chi connectivity index (χ4v) is 1.36. The van der Waals surface area contributed by atoms with Gasteiger partial charge in [-0.2, -0.15) is 0 Å². The van der Waals surface area contributed by atoms with Gasteiger partial charge in [-0.25, -0.2) is 0 Å². The first-order chi connectivity index (χ1) is 5.75. The second kappa shape index (κ2) is 4.24. The third kappa shape index (κ3) is 2.06. The lowest BCUT2D eigenvalue weighted by Gasteiger charge is -2.08. The Bertz CT molecular complexity index is 218. The summed E-state index contributed by atoms with van der Waals surface area (Å²) in [4.78, 5) is 0. The number of rotatable bonds is 2. The van der Waals surface area contributed by atoms with Crippen LogP contribution in [0.2, 0.25) is 0 Å². The first-order valence-corrected chi connectivity index (χ1v) is 4.17. The molecule has 0 radical (unpaired) electrons. The molecule has 2 heteroatoms. The van der Waals surface area contributed by atoms with E-state index in [-0.39, 0.29) is 12.1 Å². The summed E-state index contributed by atoms with van der Waals surface area (Å²) in [6.07, 6.45) is 8.77. The fourth-order valence-electron chi connectivity index (χ4n) is 1.36. The van der Waals surface area contributed by atoms with E-state index < -0.39 is 0 Å². The topological polar surface area (TPSA) is 46.2 Å². The van der Waals surface area contributed by atoms with Crippen molar-refractivity contribution in [2.45, 2.75) is 25.0 Å². The maximum atomic E-state index is 9.31. The molecule has 2 atom stereocenters. The van der Waals surface area contributed by atoms with Crippen molar-refractivity contribution >= 4 is 0 Å². The highest BCUT2D eigenvalue weighted by Crippen LogP contribution is 2.23. The normalized spacial score (nSPS) is 33.3. The molecule has 12 heavy (non-hydrogen) atoms. The van der Waals surface area contributed by atoms with Crippen molar-refractivity contribution in [1.82, 2.24) is 0 Å². The van der Waals surface area contributed by atoms with E-state index >= 15 is 0 Å². The molecule has 0 bridgehead atoms. The van der Waals surface area contributed by atoms with E-state index in [4.69, 9.17) is 5.73 Å². The van der Waals surface area contributed by atoms with E-state index in [1.807, 2.05) is 18.2 Å². The molecule has 2 unspecified atom stereocenters. The third-order valence-corrected chi connectivity index (χ3v) is 2.13. The minimum atomic E-state index is -0.353. The molecule has 0 heterocycles. The van der Waals surface area contributed by atoms with Crippen molar-refractivity contribution in [2.24, 2.45) is 5.73 Å². The van der Waals surface area contributed by atoms with Crippen molar-refractivity contribution in [3.05, 3.63) is 36.5 Å². The molecule has 0 aliphatic heterocycles. The Hall–Kier alpha value is -0.860. The van der Waals surface area contributed by atoms with Crippen molar-refractivity contribution in [1.29, 1.82) is 0 Å². The zero-order chi connectivity index (χ0) is 8.97.